The number of benzene rings is 2. The van der Waals surface area contributed by atoms with Crippen LogP contribution < -0.4 is 0 Å². The standard InChI is InChI=1S/C19H14FN3S/c1-13-21-22-19(23(13)17-6-3-2-5-16(17)20)15-10-8-14(9-11-15)18-7-4-12-24-18/h2-12H,1H3. The SMILES string of the molecule is Cc1nnc(-c2ccc(-c3cccs3)cc2)n1-c1ccccc1F. The lowest BCUT2D eigenvalue weighted by atomic mass is 10.1. The van der Waals surface area contributed by atoms with Gasteiger partial charge in [0, 0.05) is 10.4 Å². The van der Waals surface area contributed by atoms with Gasteiger partial charge in [-0.05, 0) is 36.1 Å². The van der Waals surface area contributed by atoms with Crippen molar-refractivity contribution >= 4 is 11.3 Å². The molecule has 0 bridgehead atoms. The number of halogens is 1. The summed E-state index contributed by atoms with van der Waals surface area (Å²) < 4.78 is 15.9. The van der Waals surface area contributed by atoms with Crippen LogP contribution >= 0.6 is 11.3 Å². The molecule has 0 radical (unpaired) electrons. The average Bonchev–Trinajstić information content (AvgIpc) is 3.26. The molecule has 0 aliphatic rings. The second-order valence-corrected chi connectivity index (χ2v) is 6.36. The lowest BCUT2D eigenvalue weighted by molar-refractivity contribution is 0.617. The molecule has 118 valence electrons. The average molecular weight is 335 g/mol. The van der Waals surface area contributed by atoms with Crippen LogP contribution in [0.15, 0.2) is 66.0 Å². The zero-order valence-electron chi connectivity index (χ0n) is 13.0. The molecule has 0 fully saturated rings. The number of hydrogen-bond acceptors (Lipinski definition) is 3. The van der Waals surface area contributed by atoms with E-state index in [1.54, 1.807) is 28.0 Å². The lowest BCUT2D eigenvalue weighted by Gasteiger charge is -2.10. The van der Waals surface area contributed by atoms with Crippen LogP contribution in [0.1, 0.15) is 5.82 Å². The molecule has 0 unspecified atom stereocenters. The van der Waals surface area contributed by atoms with E-state index in [4.69, 9.17) is 0 Å². The van der Waals surface area contributed by atoms with Crippen LogP contribution in [-0.2, 0) is 0 Å². The van der Waals surface area contributed by atoms with Crippen molar-refractivity contribution < 1.29 is 4.39 Å². The number of aryl methyl sites for hydroxylation is 1. The van der Waals surface area contributed by atoms with E-state index in [1.165, 1.54) is 10.9 Å². The molecule has 0 atom stereocenters. The molecule has 2 aromatic heterocycles. The second kappa shape index (κ2) is 6.02. The molecule has 0 aliphatic carbocycles. The van der Waals surface area contributed by atoms with E-state index in [1.807, 2.05) is 31.2 Å². The fourth-order valence-electron chi connectivity index (χ4n) is 2.70. The third kappa shape index (κ3) is 2.53. The summed E-state index contributed by atoms with van der Waals surface area (Å²) >= 11 is 1.70. The zero-order valence-corrected chi connectivity index (χ0v) is 13.8. The van der Waals surface area contributed by atoms with Crippen molar-refractivity contribution in [1.29, 1.82) is 0 Å². The summed E-state index contributed by atoms with van der Waals surface area (Å²) in [7, 11) is 0. The number of para-hydroxylation sites is 1. The Morgan fingerprint density at radius 3 is 2.33 bits per heavy atom. The second-order valence-electron chi connectivity index (χ2n) is 5.41. The van der Waals surface area contributed by atoms with Gasteiger partial charge in [0.05, 0.1) is 5.69 Å². The molecule has 4 rings (SSSR count). The fraction of sp³-hybridized carbons (Fsp3) is 0.0526. The minimum absolute atomic E-state index is 0.295. The number of nitrogens with zero attached hydrogens (tertiary/aromatic N) is 3. The Morgan fingerprint density at radius 1 is 0.875 bits per heavy atom. The van der Waals surface area contributed by atoms with Gasteiger partial charge >= 0.3 is 0 Å². The van der Waals surface area contributed by atoms with E-state index >= 15 is 0 Å². The van der Waals surface area contributed by atoms with E-state index < -0.39 is 0 Å². The summed E-state index contributed by atoms with van der Waals surface area (Å²) in [6.07, 6.45) is 0. The minimum Gasteiger partial charge on any atom is -0.276 e. The van der Waals surface area contributed by atoms with Crippen molar-refractivity contribution in [1.82, 2.24) is 14.8 Å². The third-order valence-corrected chi connectivity index (χ3v) is 4.79. The van der Waals surface area contributed by atoms with Gasteiger partial charge in [-0.1, -0.05) is 42.5 Å². The maximum absolute atomic E-state index is 14.2. The van der Waals surface area contributed by atoms with E-state index in [0.717, 1.165) is 11.1 Å². The predicted octanol–water partition coefficient (Wildman–Crippen LogP) is 5.11. The molecular weight excluding hydrogens is 321 g/mol. The molecule has 5 heteroatoms. The number of thiophene rings is 1. The smallest absolute Gasteiger partial charge is 0.168 e. The number of hydrogen-bond donors (Lipinski definition) is 0. The topological polar surface area (TPSA) is 30.7 Å². The van der Waals surface area contributed by atoms with Crippen LogP contribution in [0, 0.1) is 12.7 Å². The van der Waals surface area contributed by atoms with Gasteiger partial charge in [-0.25, -0.2) is 4.39 Å². The molecule has 4 aromatic rings. The Balaban J connectivity index is 1.80. The first-order valence-electron chi connectivity index (χ1n) is 7.55. The van der Waals surface area contributed by atoms with Crippen molar-refractivity contribution in [3.8, 4) is 27.5 Å². The van der Waals surface area contributed by atoms with Gasteiger partial charge in [0.15, 0.2) is 5.82 Å². The van der Waals surface area contributed by atoms with E-state index in [0.29, 0.717) is 17.3 Å². The molecule has 0 N–H and O–H groups in total. The molecule has 3 nitrogen and oxygen atoms in total. The first kappa shape index (κ1) is 14.8. The molecule has 24 heavy (non-hydrogen) atoms. The summed E-state index contributed by atoms with van der Waals surface area (Å²) in [5, 5.41) is 10.4. The lowest BCUT2D eigenvalue weighted by Crippen LogP contribution is -2.02. The maximum atomic E-state index is 14.2. The monoisotopic (exact) mass is 335 g/mol. The zero-order chi connectivity index (χ0) is 16.5. The molecule has 0 saturated carbocycles. The summed E-state index contributed by atoms with van der Waals surface area (Å²) in [4.78, 5) is 1.22. The number of aromatic nitrogens is 3. The van der Waals surface area contributed by atoms with Gasteiger partial charge in [-0.15, -0.1) is 21.5 Å². The van der Waals surface area contributed by atoms with Crippen LogP contribution in [-0.4, -0.2) is 14.8 Å². The van der Waals surface area contributed by atoms with Crippen molar-refractivity contribution in [2.24, 2.45) is 0 Å². The molecule has 0 spiro atoms. The highest BCUT2D eigenvalue weighted by Crippen LogP contribution is 2.29. The molecule has 2 heterocycles. The molecule has 0 amide bonds. The van der Waals surface area contributed by atoms with Gasteiger partial charge < -0.3 is 0 Å². The van der Waals surface area contributed by atoms with Crippen molar-refractivity contribution in [3.63, 3.8) is 0 Å². The van der Waals surface area contributed by atoms with E-state index in [2.05, 4.69) is 33.8 Å². The van der Waals surface area contributed by atoms with Gasteiger partial charge in [0.1, 0.15) is 11.6 Å². The van der Waals surface area contributed by atoms with E-state index in [-0.39, 0.29) is 5.82 Å². The van der Waals surface area contributed by atoms with Crippen LogP contribution in [0.25, 0.3) is 27.5 Å². The summed E-state index contributed by atoms with van der Waals surface area (Å²) in [5.74, 6) is 0.990. The Hall–Kier alpha value is -2.79. The fourth-order valence-corrected chi connectivity index (χ4v) is 3.43. The number of rotatable bonds is 3. The third-order valence-electron chi connectivity index (χ3n) is 3.87. The summed E-state index contributed by atoms with van der Waals surface area (Å²) in [5.41, 5.74) is 2.51. The molecule has 0 saturated heterocycles. The van der Waals surface area contributed by atoms with Crippen molar-refractivity contribution in [2.75, 3.05) is 0 Å². The van der Waals surface area contributed by atoms with E-state index in [9.17, 15) is 4.39 Å². The first-order valence-corrected chi connectivity index (χ1v) is 8.43. The van der Waals surface area contributed by atoms with Gasteiger partial charge in [-0.2, -0.15) is 0 Å². The Kier molecular flexibility index (Phi) is 3.70. The Morgan fingerprint density at radius 2 is 1.62 bits per heavy atom. The van der Waals surface area contributed by atoms with Crippen LogP contribution in [0.4, 0.5) is 4.39 Å². The predicted molar refractivity (Wildman–Crippen MR) is 94.8 cm³/mol. The maximum Gasteiger partial charge on any atom is 0.168 e. The largest absolute Gasteiger partial charge is 0.276 e. The molecular formula is C19H14FN3S. The highest BCUT2D eigenvalue weighted by atomic mass is 32.1. The highest BCUT2D eigenvalue weighted by Gasteiger charge is 2.15. The van der Waals surface area contributed by atoms with Gasteiger partial charge in [-0.3, -0.25) is 4.57 Å². The Bertz CT molecular complexity index is 972. The van der Waals surface area contributed by atoms with Crippen LogP contribution in [0.2, 0.25) is 0 Å². The van der Waals surface area contributed by atoms with Crippen LogP contribution in [0.3, 0.4) is 0 Å². The highest BCUT2D eigenvalue weighted by molar-refractivity contribution is 7.13. The summed E-state index contributed by atoms with van der Waals surface area (Å²) in [6.45, 7) is 1.82. The van der Waals surface area contributed by atoms with Crippen molar-refractivity contribution in [2.45, 2.75) is 6.92 Å². The quantitative estimate of drug-likeness (QED) is 0.521. The first-order chi connectivity index (χ1) is 11.7. The molecule has 0 aliphatic heterocycles. The van der Waals surface area contributed by atoms with Gasteiger partial charge in [0.2, 0.25) is 0 Å². The van der Waals surface area contributed by atoms with Crippen LogP contribution in [0.5, 0.6) is 0 Å². The normalized spacial score (nSPS) is 10.9. The van der Waals surface area contributed by atoms with Gasteiger partial charge in [0.25, 0.3) is 0 Å². The minimum atomic E-state index is -0.295. The Labute approximate surface area is 143 Å². The molecule has 2 aromatic carbocycles. The van der Waals surface area contributed by atoms with Crippen molar-refractivity contribution in [3.05, 3.63) is 77.7 Å². The summed E-state index contributed by atoms with van der Waals surface area (Å²) in [6, 6.07) is 18.9.